The van der Waals surface area contributed by atoms with Gasteiger partial charge in [0.15, 0.2) is 0 Å². The highest BCUT2D eigenvalue weighted by molar-refractivity contribution is 7.88. The zero-order valence-corrected chi connectivity index (χ0v) is 13.7. The van der Waals surface area contributed by atoms with Crippen LogP contribution < -0.4 is 10.6 Å². The number of hydrogen-bond donors (Lipinski definition) is 2. The number of hydrogen-bond acceptors (Lipinski definition) is 4. The molecule has 2 rings (SSSR count). The van der Waals surface area contributed by atoms with Gasteiger partial charge in [0, 0.05) is 44.1 Å². The molecule has 0 unspecified atom stereocenters. The summed E-state index contributed by atoms with van der Waals surface area (Å²) in [7, 11) is -3.13. The minimum Gasteiger partial charge on any atom is -0.335 e. The largest absolute Gasteiger partial charge is 0.335 e. The lowest BCUT2D eigenvalue weighted by atomic mass is 10.1. The number of sulfonamides is 1. The van der Waals surface area contributed by atoms with Crippen LogP contribution in [0.1, 0.15) is 19.8 Å². The van der Waals surface area contributed by atoms with E-state index >= 15 is 0 Å². The SMILES string of the molecule is C[C@@H](Cn1ccnc1)NC(=O)NC1CCN(S(C)(=O)=O)CC1. The molecule has 0 saturated carbocycles. The summed E-state index contributed by atoms with van der Waals surface area (Å²) >= 11 is 0. The second-order valence-corrected chi connectivity index (χ2v) is 7.70. The van der Waals surface area contributed by atoms with Gasteiger partial charge in [-0.05, 0) is 19.8 Å². The van der Waals surface area contributed by atoms with Gasteiger partial charge in [0.05, 0.1) is 12.6 Å². The molecule has 1 aliphatic heterocycles. The van der Waals surface area contributed by atoms with E-state index in [-0.39, 0.29) is 18.1 Å². The number of carbonyl (C=O) groups excluding carboxylic acids is 1. The van der Waals surface area contributed by atoms with Gasteiger partial charge in [-0.3, -0.25) is 0 Å². The lowest BCUT2D eigenvalue weighted by molar-refractivity contribution is 0.223. The van der Waals surface area contributed by atoms with Gasteiger partial charge >= 0.3 is 6.03 Å². The molecular weight excluding hydrogens is 306 g/mol. The minimum atomic E-state index is -3.13. The maximum atomic E-state index is 11.9. The van der Waals surface area contributed by atoms with Crippen molar-refractivity contribution in [2.75, 3.05) is 19.3 Å². The summed E-state index contributed by atoms with van der Waals surface area (Å²) in [6, 6.07) is -0.228. The fraction of sp³-hybridized carbons (Fsp3) is 0.692. The van der Waals surface area contributed by atoms with Crippen LogP contribution in [0, 0.1) is 0 Å². The summed E-state index contributed by atoms with van der Waals surface area (Å²) < 4.78 is 26.2. The predicted molar refractivity (Wildman–Crippen MR) is 82.8 cm³/mol. The molecule has 2 amide bonds. The van der Waals surface area contributed by atoms with E-state index in [0.717, 1.165) is 0 Å². The molecule has 124 valence electrons. The number of nitrogens with zero attached hydrogens (tertiary/aromatic N) is 3. The molecule has 0 aliphatic carbocycles. The second-order valence-electron chi connectivity index (χ2n) is 5.71. The van der Waals surface area contributed by atoms with E-state index in [4.69, 9.17) is 0 Å². The van der Waals surface area contributed by atoms with Gasteiger partial charge < -0.3 is 15.2 Å². The molecule has 2 heterocycles. The first-order chi connectivity index (χ1) is 10.3. The number of aromatic nitrogens is 2. The maximum absolute atomic E-state index is 11.9. The zero-order chi connectivity index (χ0) is 16.2. The summed E-state index contributed by atoms with van der Waals surface area (Å²) in [4.78, 5) is 15.9. The fourth-order valence-corrected chi connectivity index (χ4v) is 3.41. The molecular formula is C13H23N5O3S. The summed E-state index contributed by atoms with van der Waals surface area (Å²) in [5.41, 5.74) is 0. The van der Waals surface area contributed by atoms with Crippen molar-refractivity contribution in [2.24, 2.45) is 0 Å². The molecule has 1 saturated heterocycles. The van der Waals surface area contributed by atoms with E-state index < -0.39 is 10.0 Å². The van der Waals surface area contributed by atoms with E-state index in [2.05, 4.69) is 15.6 Å². The lowest BCUT2D eigenvalue weighted by Gasteiger charge is -2.31. The summed E-state index contributed by atoms with van der Waals surface area (Å²) in [6.07, 6.45) is 7.73. The molecule has 1 aliphatic rings. The number of imidazole rings is 1. The normalized spacial score (nSPS) is 18.8. The number of rotatable bonds is 5. The third kappa shape index (κ3) is 4.99. The molecule has 0 aromatic carbocycles. The van der Waals surface area contributed by atoms with E-state index in [9.17, 15) is 13.2 Å². The van der Waals surface area contributed by atoms with Crippen LogP contribution in [0.5, 0.6) is 0 Å². The van der Waals surface area contributed by atoms with Crippen LogP contribution in [0.25, 0.3) is 0 Å². The Morgan fingerprint density at radius 1 is 1.41 bits per heavy atom. The topological polar surface area (TPSA) is 96.3 Å². The van der Waals surface area contributed by atoms with Crippen molar-refractivity contribution in [1.29, 1.82) is 0 Å². The molecule has 1 atom stereocenters. The Hall–Kier alpha value is -1.61. The molecule has 1 aromatic heterocycles. The van der Waals surface area contributed by atoms with Crippen LogP contribution in [0.2, 0.25) is 0 Å². The van der Waals surface area contributed by atoms with E-state index in [1.54, 1.807) is 12.5 Å². The molecule has 1 fully saturated rings. The average molecular weight is 329 g/mol. The number of amides is 2. The van der Waals surface area contributed by atoms with Crippen LogP contribution >= 0.6 is 0 Å². The number of nitrogens with one attached hydrogen (secondary N) is 2. The average Bonchev–Trinajstić information content (AvgIpc) is 2.90. The molecule has 22 heavy (non-hydrogen) atoms. The van der Waals surface area contributed by atoms with E-state index in [1.807, 2.05) is 17.7 Å². The number of carbonyl (C=O) groups is 1. The Kier molecular flexibility index (Phi) is 5.41. The van der Waals surface area contributed by atoms with Crippen LogP contribution in [0.15, 0.2) is 18.7 Å². The van der Waals surface area contributed by atoms with Gasteiger partial charge in [-0.25, -0.2) is 22.5 Å². The Morgan fingerprint density at radius 3 is 2.64 bits per heavy atom. The van der Waals surface area contributed by atoms with E-state index in [0.29, 0.717) is 32.5 Å². The first kappa shape index (κ1) is 16.8. The lowest BCUT2D eigenvalue weighted by Crippen LogP contribution is -2.50. The minimum absolute atomic E-state index is 0.0124. The Balaban J connectivity index is 1.72. The van der Waals surface area contributed by atoms with Crippen molar-refractivity contribution in [3.8, 4) is 0 Å². The Labute approximate surface area is 130 Å². The molecule has 0 bridgehead atoms. The highest BCUT2D eigenvalue weighted by Crippen LogP contribution is 2.13. The van der Waals surface area contributed by atoms with Crippen LogP contribution in [-0.4, -0.2) is 59.7 Å². The molecule has 9 heteroatoms. The Bertz CT molecular complexity index is 579. The smallest absolute Gasteiger partial charge is 0.315 e. The first-order valence-electron chi connectivity index (χ1n) is 7.32. The molecule has 2 N–H and O–H groups in total. The highest BCUT2D eigenvalue weighted by atomic mass is 32.2. The molecule has 0 spiro atoms. The van der Waals surface area contributed by atoms with Crippen molar-refractivity contribution in [3.05, 3.63) is 18.7 Å². The van der Waals surface area contributed by atoms with Gasteiger partial charge in [0.25, 0.3) is 0 Å². The van der Waals surface area contributed by atoms with Gasteiger partial charge in [0.1, 0.15) is 0 Å². The summed E-state index contributed by atoms with van der Waals surface area (Å²) in [5, 5.41) is 5.78. The van der Waals surface area contributed by atoms with Gasteiger partial charge in [-0.15, -0.1) is 0 Å². The number of urea groups is 1. The summed E-state index contributed by atoms with van der Waals surface area (Å²) in [5.74, 6) is 0. The molecule has 8 nitrogen and oxygen atoms in total. The van der Waals surface area contributed by atoms with Gasteiger partial charge in [-0.1, -0.05) is 0 Å². The van der Waals surface area contributed by atoms with Crippen LogP contribution in [0.3, 0.4) is 0 Å². The van der Waals surface area contributed by atoms with Crippen molar-refractivity contribution in [1.82, 2.24) is 24.5 Å². The Morgan fingerprint density at radius 2 is 2.09 bits per heavy atom. The molecule has 1 aromatic rings. The monoisotopic (exact) mass is 329 g/mol. The predicted octanol–water partition coefficient (Wildman–Crippen LogP) is -0.00520. The van der Waals surface area contributed by atoms with Crippen molar-refractivity contribution < 1.29 is 13.2 Å². The fourth-order valence-electron chi connectivity index (χ4n) is 2.54. The standard InChI is InChI=1S/C13H23N5O3S/c1-11(9-17-8-5-14-10-17)15-13(19)16-12-3-6-18(7-4-12)22(2,20)21/h5,8,10-12H,3-4,6-7,9H2,1-2H3,(H2,15,16,19)/t11-/m0/s1. The first-order valence-corrected chi connectivity index (χ1v) is 9.17. The third-order valence-corrected chi connectivity index (χ3v) is 4.98. The van der Waals surface area contributed by atoms with Crippen molar-refractivity contribution in [2.45, 2.75) is 38.4 Å². The molecule has 0 radical (unpaired) electrons. The number of piperidine rings is 1. The van der Waals surface area contributed by atoms with Gasteiger partial charge in [-0.2, -0.15) is 0 Å². The maximum Gasteiger partial charge on any atom is 0.315 e. The van der Waals surface area contributed by atoms with Crippen molar-refractivity contribution >= 4 is 16.1 Å². The van der Waals surface area contributed by atoms with Gasteiger partial charge in [0.2, 0.25) is 10.0 Å². The van der Waals surface area contributed by atoms with Crippen LogP contribution in [-0.2, 0) is 16.6 Å². The van der Waals surface area contributed by atoms with Crippen LogP contribution in [0.4, 0.5) is 4.79 Å². The van der Waals surface area contributed by atoms with E-state index in [1.165, 1.54) is 10.6 Å². The second kappa shape index (κ2) is 7.10. The van der Waals surface area contributed by atoms with Crippen molar-refractivity contribution in [3.63, 3.8) is 0 Å². The summed E-state index contributed by atoms with van der Waals surface area (Å²) in [6.45, 7) is 3.48. The third-order valence-electron chi connectivity index (χ3n) is 3.68. The quantitative estimate of drug-likeness (QED) is 0.794. The zero-order valence-electron chi connectivity index (χ0n) is 12.9. The highest BCUT2D eigenvalue weighted by Gasteiger charge is 2.25.